The molecule has 9 nitrogen and oxygen atoms in total. The van der Waals surface area contributed by atoms with Crippen molar-refractivity contribution in [3.05, 3.63) is 58.7 Å². The second-order valence-electron chi connectivity index (χ2n) is 9.02. The van der Waals surface area contributed by atoms with Gasteiger partial charge in [-0.25, -0.2) is 0 Å². The van der Waals surface area contributed by atoms with E-state index in [0.29, 0.717) is 47.5 Å². The number of carbonyl (C=O) groups is 4. The van der Waals surface area contributed by atoms with Crippen molar-refractivity contribution in [2.24, 2.45) is 0 Å². The topological polar surface area (TPSA) is 105 Å². The minimum absolute atomic E-state index is 0.00437. The van der Waals surface area contributed by atoms with Crippen LogP contribution in [0.25, 0.3) is 0 Å². The average molecular weight is 483 g/mol. The maximum atomic E-state index is 13.0. The molecule has 3 aliphatic heterocycles. The van der Waals surface area contributed by atoms with Gasteiger partial charge in [0.1, 0.15) is 40.7 Å². The van der Waals surface area contributed by atoms with Gasteiger partial charge in [0.25, 0.3) is 5.91 Å². The first-order valence-electron chi connectivity index (χ1n) is 11.7. The smallest absolute Gasteiger partial charge is 0.255 e. The lowest BCUT2D eigenvalue weighted by molar-refractivity contribution is -0.143. The molecule has 0 aromatic heterocycles. The van der Waals surface area contributed by atoms with E-state index in [1.165, 1.54) is 4.90 Å². The van der Waals surface area contributed by atoms with Gasteiger partial charge in [-0.15, -0.1) is 0 Å². The number of fused-ring (bicyclic) bond motifs is 1. The third-order valence-corrected chi connectivity index (χ3v) is 6.76. The molecule has 5 rings (SSSR count). The minimum Gasteiger partial charge on any atom is -0.489 e. The highest BCUT2D eigenvalue weighted by molar-refractivity contribution is 6.34. The van der Waals surface area contributed by atoms with Gasteiger partial charge in [-0.05, 0) is 29.7 Å². The van der Waals surface area contributed by atoms with Crippen molar-refractivity contribution in [2.45, 2.75) is 38.0 Å². The summed E-state index contributed by atoms with van der Waals surface area (Å²) in [4.78, 5) is 51.9. The van der Waals surface area contributed by atoms with E-state index in [4.69, 9.17) is 25.2 Å². The molecule has 2 fully saturated rings. The van der Waals surface area contributed by atoms with Gasteiger partial charge in [-0.2, -0.15) is 0 Å². The highest BCUT2D eigenvalue weighted by Crippen LogP contribution is 2.34. The molecule has 4 radical (unpaired) electrons. The molecule has 2 saturated heterocycles. The monoisotopic (exact) mass is 483 g/mol. The van der Waals surface area contributed by atoms with Gasteiger partial charge in [-0.3, -0.25) is 24.5 Å². The third kappa shape index (κ3) is 4.51. The van der Waals surface area contributed by atoms with Crippen LogP contribution in [-0.2, 0) is 32.3 Å². The van der Waals surface area contributed by atoms with Crippen LogP contribution < -0.4 is 15.5 Å². The van der Waals surface area contributed by atoms with Crippen LogP contribution in [0.1, 0.15) is 45.8 Å². The fourth-order valence-corrected chi connectivity index (χ4v) is 4.83. The second kappa shape index (κ2) is 9.81. The molecule has 3 aliphatic rings. The predicted molar refractivity (Wildman–Crippen MR) is 130 cm³/mol. The van der Waals surface area contributed by atoms with Crippen molar-refractivity contribution in [3.8, 4) is 5.75 Å². The average Bonchev–Trinajstić information content (AvgIpc) is 3.19. The minimum atomic E-state index is -0.689. The number of hydrogen-bond acceptors (Lipinski definition) is 6. The molecule has 0 spiro atoms. The molecule has 3 heterocycles. The Hall–Kier alpha value is -3.59. The molecule has 4 amide bonds. The molecule has 1 N–H and O–H groups in total. The van der Waals surface area contributed by atoms with Gasteiger partial charge < -0.3 is 19.3 Å². The van der Waals surface area contributed by atoms with E-state index < -0.39 is 17.9 Å². The summed E-state index contributed by atoms with van der Waals surface area (Å²) < 4.78 is 11.2. The lowest BCUT2D eigenvalue weighted by Gasteiger charge is -2.34. The maximum absolute atomic E-state index is 13.0. The van der Waals surface area contributed by atoms with Crippen LogP contribution in [-0.4, -0.2) is 74.9 Å². The molecule has 0 aliphatic carbocycles. The summed E-state index contributed by atoms with van der Waals surface area (Å²) in [6, 6.07) is 9.89. The normalized spacial score (nSPS) is 20.8. The van der Waals surface area contributed by atoms with Crippen molar-refractivity contribution in [2.75, 3.05) is 19.8 Å². The lowest BCUT2D eigenvalue weighted by Crippen LogP contribution is -2.52. The van der Waals surface area contributed by atoms with Crippen LogP contribution in [0, 0.1) is 0 Å². The Labute approximate surface area is 210 Å². The highest BCUT2D eigenvalue weighted by atomic mass is 16.5. The van der Waals surface area contributed by atoms with Crippen LogP contribution >= 0.6 is 0 Å². The number of ether oxygens (including phenoxy) is 2. The zero-order chi connectivity index (χ0) is 25.4. The van der Waals surface area contributed by atoms with Gasteiger partial charge in [0.15, 0.2) is 0 Å². The molecule has 11 heteroatoms. The number of morpholine rings is 1. The zero-order valence-corrected chi connectivity index (χ0v) is 19.6. The Morgan fingerprint density at radius 3 is 2.75 bits per heavy atom. The highest BCUT2D eigenvalue weighted by Gasteiger charge is 2.40. The number of carbonyl (C=O) groups excluding carboxylic acids is 4. The van der Waals surface area contributed by atoms with Crippen LogP contribution in [0.5, 0.6) is 5.75 Å². The first-order valence-corrected chi connectivity index (χ1v) is 11.7. The van der Waals surface area contributed by atoms with Gasteiger partial charge in [0, 0.05) is 30.0 Å². The van der Waals surface area contributed by atoms with Crippen molar-refractivity contribution in [3.63, 3.8) is 0 Å². The van der Waals surface area contributed by atoms with Gasteiger partial charge >= 0.3 is 0 Å². The molecule has 36 heavy (non-hydrogen) atoms. The molecule has 180 valence electrons. The number of hydrogen-bond donors (Lipinski definition) is 1. The fourth-order valence-electron chi connectivity index (χ4n) is 4.83. The Morgan fingerprint density at radius 1 is 1.17 bits per heavy atom. The summed E-state index contributed by atoms with van der Waals surface area (Å²) in [5.74, 6) is -1.36. The van der Waals surface area contributed by atoms with Gasteiger partial charge in [0.05, 0.1) is 13.2 Å². The van der Waals surface area contributed by atoms with Crippen molar-refractivity contribution in [1.82, 2.24) is 15.1 Å². The molecule has 0 bridgehead atoms. The van der Waals surface area contributed by atoms with E-state index in [-0.39, 0.29) is 43.9 Å². The Bertz CT molecular complexity index is 1250. The number of nitrogens with one attached hydrogen (secondary N) is 1. The quantitative estimate of drug-likeness (QED) is 0.453. The largest absolute Gasteiger partial charge is 0.489 e. The van der Waals surface area contributed by atoms with Crippen LogP contribution in [0.4, 0.5) is 0 Å². The van der Waals surface area contributed by atoms with Crippen LogP contribution in [0.15, 0.2) is 36.4 Å². The molecule has 2 unspecified atom stereocenters. The van der Waals surface area contributed by atoms with E-state index in [2.05, 4.69) is 5.32 Å². The standard InChI is InChI=1S/C25H23B2N3O6/c26-18-10-14(4-5-16(18)23(27)29-8-9-35-13-22(29)32)12-36-20-3-1-2-15-17(20)11-30(25(15)34)19-6-7-21(31)28-24(19)33/h1-5,10,19,23H,6-9,11-13H2,(H,28,31,33). The van der Waals surface area contributed by atoms with Crippen LogP contribution in [0.3, 0.4) is 0 Å². The summed E-state index contributed by atoms with van der Waals surface area (Å²) in [6.07, 6.45) is 0.491. The summed E-state index contributed by atoms with van der Waals surface area (Å²) >= 11 is 0. The Balaban J connectivity index is 1.28. The summed E-state index contributed by atoms with van der Waals surface area (Å²) in [7, 11) is 12.6. The van der Waals surface area contributed by atoms with E-state index in [1.54, 1.807) is 35.2 Å². The molecule has 2 aromatic carbocycles. The van der Waals surface area contributed by atoms with E-state index >= 15 is 0 Å². The van der Waals surface area contributed by atoms with Crippen molar-refractivity contribution >= 4 is 44.8 Å². The first kappa shape index (κ1) is 24.1. The summed E-state index contributed by atoms with van der Waals surface area (Å²) in [6.45, 7) is 1.25. The lowest BCUT2D eigenvalue weighted by atomic mass is 9.78. The van der Waals surface area contributed by atoms with E-state index in [9.17, 15) is 19.2 Å². The van der Waals surface area contributed by atoms with E-state index in [1.807, 2.05) is 6.07 Å². The maximum Gasteiger partial charge on any atom is 0.255 e. The number of amides is 4. The van der Waals surface area contributed by atoms with Gasteiger partial charge in [-0.1, -0.05) is 29.7 Å². The number of rotatable bonds is 6. The zero-order valence-electron chi connectivity index (χ0n) is 19.6. The summed E-state index contributed by atoms with van der Waals surface area (Å²) in [5, 5.41) is 2.30. The summed E-state index contributed by atoms with van der Waals surface area (Å²) in [5.41, 5.74) is 3.05. The van der Waals surface area contributed by atoms with Crippen LogP contribution in [0.2, 0.25) is 0 Å². The third-order valence-electron chi connectivity index (χ3n) is 6.76. The molecular weight excluding hydrogens is 460 g/mol. The number of piperidine rings is 1. The van der Waals surface area contributed by atoms with Gasteiger partial charge in [0.2, 0.25) is 17.7 Å². The van der Waals surface area contributed by atoms with Crippen molar-refractivity contribution in [1.29, 1.82) is 0 Å². The molecular formula is C25H23B2N3O6. The number of imide groups is 1. The Kier molecular flexibility index (Phi) is 6.57. The predicted octanol–water partition coefficient (Wildman–Crippen LogP) is -0.154. The Morgan fingerprint density at radius 2 is 2.00 bits per heavy atom. The number of nitrogens with zero attached hydrogens (tertiary/aromatic N) is 2. The second-order valence-corrected chi connectivity index (χ2v) is 9.02. The van der Waals surface area contributed by atoms with E-state index in [0.717, 1.165) is 5.56 Å². The SMILES string of the molecule is [B]c1cc(COc2cccc3c2CN(C2CCC(=O)NC2=O)C3=O)ccc1C([B])N1CCOCC1=O. The van der Waals surface area contributed by atoms with Crippen molar-refractivity contribution < 1.29 is 28.7 Å². The first-order chi connectivity index (χ1) is 17.3. The number of benzene rings is 2. The molecule has 2 atom stereocenters. The molecule has 2 aromatic rings. The fraction of sp³-hybridized carbons (Fsp3) is 0.360. The molecule has 0 saturated carbocycles.